The van der Waals surface area contributed by atoms with E-state index in [0.717, 1.165) is 17.7 Å². The van der Waals surface area contributed by atoms with Gasteiger partial charge in [0.05, 0.1) is 4.88 Å². The minimum atomic E-state index is 0.149. The van der Waals surface area contributed by atoms with Crippen LogP contribution in [0.25, 0.3) is 10.7 Å². The van der Waals surface area contributed by atoms with E-state index in [2.05, 4.69) is 21.0 Å². The third-order valence-electron chi connectivity index (χ3n) is 2.59. The molecule has 0 aliphatic heterocycles. The van der Waals surface area contributed by atoms with Gasteiger partial charge in [-0.2, -0.15) is 15.0 Å². The Morgan fingerprint density at radius 1 is 1.25 bits per heavy atom. The molecule has 0 atom stereocenters. The highest BCUT2D eigenvalue weighted by Gasteiger charge is 2.17. The van der Waals surface area contributed by atoms with E-state index in [1.54, 1.807) is 11.3 Å². The Balaban J connectivity index is 2.08. The molecule has 1 aliphatic rings. The summed E-state index contributed by atoms with van der Waals surface area (Å²) in [5.74, 6) is 0.750. The van der Waals surface area contributed by atoms with Crippen LogP contribution < -0.4 is 5.73 Å². The van der Waals surface area contributed by atoms with Crippen LogP contribution in [0, 0.1) is 0 Å². The summed E-state index contributed by atoms with van der Waals surface area (Å²) in [4.78, 5) is 14.4. The largest absolute Gasteiger partial charge is 0.368 e. The van der Waals surface area contributed by atoms with Gasteiger partial charge in [-0.3, -0.25) is 0 Å². The van der Waals surface area contributed by atoms with Crippen molar-refractivity contribution in [3.63, 3.8) is 0 Å². The maximum absolute atomic E-state index is 5.76. The highest BCUT2D eigenvalue weighted by Crippen LogP contribution is 2.35. The molecule has 0 bridgehead atoms. The van der Waals surface area contributed by atoms with E-state index in [-0.39, 0.29) is 11.2 Å². The fourth-order valence-electron chi connectivity index (χ4n) is 1.91. The van der Waals surface area contributed by atoms with E-state index < -0.39 is 0 Å². The van der Waals surface area contributed by atoms with Crippen LogP contribution >= 0.6 is 22.9 Å². The normalized spacial score (nSPS) is 14.1. The second kappa shape index (κ2) is 3.68. The number of nitrogens with two attached hydrogens (primary N) is 1. The quantitative estimate of drug-likeness (QED) is 0.846. The molecule has 0 unspecified atom stereocenters. The van der Waals surface area contributed by atoms with Crippen molar-refractivity contribution in [3.8, 4) is 10.7 Å². The fraction of sp³-hybridized carbons (Fsp3) is 0.300. The number of anilines is 1. The maximum Gasteiger partial charge on any atom is 0.227 e. The monoisotopic (exact) mass is 252 g/mol. The second-order valence-electron chi connectivity index (χ2n) is 3.70. The van der Waals surface area contributed by atoms with Crippen molar-refractivity contribution in [1.29, 1.82) is 0 Å². The van der Waals surface area contributed by atoms with Crippen molar-refractivity contribution in [1.82, 2.24) is 15.0 Å². The lowest BCUT2D eigenvalue weighted by Crippen LogP contribution is -1.99. The summed E-state index contributed by atoms with van der Waals surface area (Å²) >= 11 is 7.48. The van der Waals surface area contributed by atoms with Crippen molar-refractivity contribution in [3.05, 3.63) is 21.8 Å². The van der Waals surface area contributed by atoms with Crippen LogP contribution in [0.5, 0.6) is 0 Å². The first kappa shape index (κ1) is 9.99. The Bertz CT molecular complexity index is 510. The summed E-state index contributed by atoms with van der Waals surface area (Å²) in [7, 11) is 0. The van der Waals surface area contributed by atoms with E-state index >= 15 is 0 Å². The van der Waals surface area contributed by atoms with Gasteiger partial charge in [-0.25, -0.2) is 0 Å². The number of nitrogens with zero attached hydrogens (tertiary/aromatic N) is 3. The van der Waals surface area contributed by atoms with E-state index in [0.29, 0.717) is 5.82 Å². The van der Waals surface area contributed by atoms with Gasteiger partial charge >= 0.3 is 0 Å². The van der Waals surface area contributed by atoms with Gasteiger partial charge in [-0.15, -0.1) is 11.3 Å². The second-order valence-corrected chi connectivity index (χ2v) is 5.17. The zero-order valence-electron chi connectivity index (χ0n) is 8.40. The van der Waals surface area contributed by atoms with Crippen LogP contribution in [0.15, 0.2) is 6.07 Å². The van der Waals surface area contributed by atoms with Crippen LogP contribution in [0.1, 0.15) is 16.9 Å². The van der Waals surface area contributed by atoms with Crippen molar-refractivity contribution in [2.45, 2.75) is 19.3 Å². The number of thiophene rings is 1. The van der Waals surface area contributed by atoms with Gasteiger partial charge in [0.1, 0.15) is 0 Å². The molecule has 4 nitrogen and oxygen atoms in total. The highest BCUT2D eigenvalue weighted by molar-refractivity contribution is 7.15. The molecule has 1 aliphatic carbocycles. The van der Waals surface area contributed by atoms with E-state index in [4.69, 9.17) is 17.3 Å². The lowest BCUT2D eigenvalue weighted by Gasteiger charge is -1.98. The Hall–Kier alpha value is -1.20. The van der Waals surface area contributed by atoms with Crippen molar-refractivity contribution in [2.75, 3.05) is 5.73 Å². The molecule has 3 rings (SSSR count). The van der Waals surface area contributed by atoms with Crippen LogP contribution in [-0.4, -0.2) is 15.0 Å². The lowest BCUT2D eigenvalue weighted by molar-refractivity contribution is 0.914. The molecule has 2 aromatic rings. The lowest BCUT2D eigenvalue weighted by atomic mass is 10.2. The predicted molar refractivity (Wildman–Crippen MR) is 64.6 cm³/mol. The third kappa shape index (κ3) is 1.66. The maximum atomic E-state index is 5.76. The molecule has 16 heavy (non-hydrogen) atoms. The zero-order valence-corrected chi connectivity index (χ0v) is 9.98. The topological polar surface area (TPSA) is 64.7 Å². The van der Waals surface area contributed by atoms with Crippen LogP contribution in [0.4, 0.5) is 5.95 Å². The standard InChI is InChI=1S/C10H9ClN4S/c11-9-13-8(14-10(12)15-9)7-4-5-2-1-3-6(5)16-7/h4H,1-3H2,(H2,12,13,14,15). The number of hydrogen-bond acceptors (Lipinski definition) is 5. The molecule has 2 aromatic heterocycles. The van der Waals surface area contributed by atoms with Gasteiger partial charge in [0.2, 0.25) is 11.2 Å². The fourth-order valence-corrected chi connectivity index (χ4v) is 3.27. The van der Waals surface area contributed by atoms with Crippen molar-refractivity contribution >= 4 is 28.9 Å². The Labute approximate surface area is 102 Å². The van der Waals surface area contributed by atoms with Gasteiger partial charge in [0.15, 0.2) is 5.82 Å². The first-order valence-electron chi connectivity index (χ1n) is 5.01. The zero-order chi connectivity index (χ0) is 11.1. The SMILES string of the molecule is Nc1nc(Cl)nc(-c2cc3c(s2)CCC3)n1. The molecule has 6 heteroatoms. The number of halogens is 1. The molecule has 0 fully saturated rings. The van der Waals surface area contributed by atoms with Crippen LogP contribution in [0.2, 0.25) is 5.28 Å². The Morgan fingerprint density at radius 3 is 2.88 bits per heavy atom. The minimum absolute atomic E-state index is 0.149. The molecule has 0 radical (unpaired) electrons. The molecule has 0 amide bonds. The van der Waals surface area contributed by atoms with Gasteiger partial charge in [-0.05, 0) is 42.5 Å². The smallest absolute Gasteiger partial charge is 0.227 e. The van der Waals surface area contributed by atoms with E-state index in [1.807, 2.05) is 0 Å². The summed E-state index contributed by atoms with van der Waals surface area (Å²) in [6.45, 7) is 0. The average Bonchev–Trinajstić information content (AvgIpc) is 2.74. The summed E-state index contributed by atoms with van der Waals surface area (Å²) in [6.07, 6.45) is 3.57. The first-order valence-corrected chi connectivity index (χ1v) is 6.21. The molecule has 0 aromatic carbocycles. The van der Waals surface area contributed by atoms with Gasteiger partial charge in [0.25, 0.3) is 0 Å². The molecule has 2 N–H and O–H groups in total. The predicted octanol–water partition coefficient (Wildman–Crippen LogP) is 2.32. The van der Waals surface area contributed by atoms with Gasteiger partial charge < -0.3 is 5.73 Å². The minimum Gasteiger partial charge on any atom is -0.368 e. The molecule has 0 saturated heterocycles. The average molecular weight is 253 g/mol. The third-order valence-corrected chi connectivity index (χ3v) is 3.99. The Kier molecular flexibility index (Phi) is 2.29. The first-order chi connectivity index (χ1) is 7.72. The van der Waals surface area contributed by atoms with Crippen molar-refractivity contribution < 1.29 is 0 Å². The number of aryl methyl sites for hydroxylation is 2. The van der Waals surface area contributed by atoms with Crippen LogP contribution in [-0.2, 0) is 12.8 Å². The molecule has 82 valence electrons. The molecular formula is C10H9ClN4S. The van der Waals surface area contributed by atoms with E-state index in [1.165, 1.54) is 16.9 Å². The van der Waals surface area contributed by atoms with Crippen LogP contribution in [0.3, 0.4) is 0 Å². The van der Waals surface area contributed by atoms with Gasteiger partial charge in [0, 0.05) is 4.88 Å². The molecule has 2 heterocycles. The number of fused-ring (bicyclic) bond motifs is 1. The summed E-state index contributed by atoms with van der Waals surface area (Å²) in [5.41, 5.74) is 6.96. The van der Waals surface area contributed by atoms with Gasteiger partial charge in [-0.1, -0.05) is 0 Å². The molecule has 0 saturated carbocycles. The Morgan fingerprint density at radius 2 is 2.12 bits per heavy atom. The highest BCUT2D eigenvalue weighted by atomic mass is 35.5. The number of rotatable bonds is 1. The number of hydrogen-bond donors (Lipinski definition) is 1. The van der Waals surface area contributed by atoms with Crippen molar-refractivity contribution in [2.24, 2.45) is 0 Å². The number of aromatic nitrogens is 3. The summed E-state index contributed by atoms with van der Waals surface area (Å²) in [5, 5.41) is 0.149. The van der Waals surface area contributed by atoms with E-state index in [9.17, 15) is 0 Å². The number of nitrogen functional groups attached to an aromatic ring is 1. The summed E-state index contributed by atoms with van der Waals surface area (Å²) < 4.78 is 0. The summed E-state index contributed by atoms with van der Waals surface area (Å²) in [6, 6.07) is 2.14. The molecular weight excluding hydrogens is 244 g/mol. The molecule has 0 spiro atoms.